The quantitative estimate of drug-likeness (QED) is 0.877. The van der Waals surface area contributed by atoms with E-state index in [1.165, 1.54) is 0 Å². The van der Waals surface area contributed by atoms with Gasteiger partial charge >= 0.3 is 5.97 Å². The van der Waals surface area contributed by atoms with E-state index in [0.29, 0.717) is 18.6 Å². The minimum atomic E-state index is -0.934. The van der Waals surface area contributed by atoms with Crippen LogP contribution in [-0.2, 0) is 9.53 Å². The van der Waals surface area contributed by atoms with E-state index in [0.717, 1.165) is 11.1 Å². The van der Waals surface area contributed by atoms with E-state index in [9.17, 15) is 9.59 Å². The van der Waals surface area contributed by atoms with Crippen molar-refractivity contribution in [2.75, 3.05) is 13.2 Å². The molecule has 1 unspecified atom stereocenters. The van der Waals surface area contributed by atoms with Gasteiger partial charge in [0.05, 0.1) is 18.6 Å². The molecule has 1 saturated heterocycles. The molecule has 1 atom stereocenters. The molecule has 0 aliphatic carbocycles. The summed E-state index contributed by atoms with van der Waals surface area (Å²) < 4.78 is 5.26. The molecule has 1 amide bonds. The minimum Gasteiger partial charge on any atom is -0.481 e. The molecule has 1 heterocycles. The molecule has 1 aliphatic heterocycles. The highest BCUT2D eigenvalue weighted by Crippen LogP contribution is 2.23. The first kappa shape index (κ1) is 14.5. The SMILES string of the molecule is Cc1ccc(C(=O)NC2(CC(=O)O)CCOC2)cc1C. The maximum Gasteiger partial charge on any atom is 0.305 e. The average molecular weight is 277 g/mol. The number of nitrogens with one attached hydrogen (secondary N) is 1. The van der Waals surface area contributed by atoms with Gasteiger partial charge in [-0.2, -0.15) is 0 Å². The molecule has 108 valence electrons. The summed E-state index contributed by atoms with van der Waals surface area (Å²) in [4.78, 5) is 23.3. The van der Waals surface area contributed by atoms with Gasteiger partial charge in [0.25, 0.3) is 5.91 Å². The van der Waals surface area contributed by atoms with Crippen LogP contribution >= 0.6 is 0 Å². The van der Waals surface area contributed by atoms with Gasteiger partial charge in [0.2, 0.25) is 0 Å². The van der Waals surface area contributed by atoms with Crippen molar-refractivity contribution in [1.82, 2.24) is 5.32 Å². The Hall–Kier alpha value is -1.88. The zero-order valence-electron chi connectivity index (χ0n) is 11.7. The summed E-state index contributed by atoms with van der Waals surface area (Å²) in [6.07, 6.45) is 0.402. The topological polar surface area (TPSA) is 75.6 Å². The Morgan fingerprint density at radius 1 is 1.35 bits per heavy atom. The normalized spacial score (nSPS) is 21.7. The molecule has 0 saturated carbocycles. The highest BCUT2D eigenvalue weighted by molar-refractivity contribution is 5.95. The van der Waals surface area contributed by atoms with Crippen molar-refractivity contribution in [3.63, 3.8) is 0 Å². The molecule has 1 aromatic rings. The van der Waals surface area contributed by atoms with Crippen molar-refractivity contribution in [2.45, 2.75) is 32.2 Å². The molecule has 0 bridgehead atoms. The van der Waals surface area contributed by atoms with E-state index in [1.54, 1.807) is 6.07 Å². The fourth-order valence-electron chi connectivity index (χ4n) is 2.37. The summed E-state index contributed by atoms with van der Waals surface area (Å²) in [6.45, 7) is 4.64. The van der Waals surface area contributed by atoms with E-state index in [1.807, 2.05) is 26.0 Å². The molecular weight excluding hydrogens is 258 g/mol. The van der Waals surface area contributed by atoms with Crippen LogP contribution in [0, 0.1) is 13.8 Å². The standard InChI is InChI=1S/C15H19NO4/c1-10-3-4-12(7-11(10)2)14(19)16-15(8-13(17)18)5-6-20-9-15/h3-4,7H,5-6,8-9H2,1-2H3,(H,16,19)(H,17,18). The molecule has 5 heteroatoms. The summed E-state index contributed by atoms with van der Waals surface area (Å²) in [6, 6.07) is 5.45. The Balaban J connectivity index is 2.16. The van der Waals surface area contributed by atoms with Gasteiger partial charge in [-0.1, -0.05) is 6.07 Å². The molecule has 1 aromatic carbocycles. The van der Waals surface area contributed by atoms with Crippen molar-refractivity contribution >= 4 is 11.9 Å². The van der Waals surface area contributed by atoms with Gasteiger partial charge in [0.1, 0.15) is 0 Å². The number of hydrogen-bond donors (Lipinski definition) is 2. The Labute approximate surface area is 117 Å². The van der Waals surface area contributed by atoms with E-state index in [2.05, 4.69) is 5.32 Å². The molecule has 0 aromatic heterocycles. The van der Waals surface area contributed by atoms with Crippen molar-refractivity contribution in [1.29, 1.82) is 0 Å². The lowest BCUT2D eigenvalue weighted by molar-refractivity contribution is -0.138. The van der Waals surface area contributed by atoms with Crippen LogP contribution in [0.2, 0.25) is 0 Å². The zero-order valence-corrected chi connectivity index (χ0v) is 11.7. The van der Waals surface area contributed by atoms with E-state index in [-0.39, 0.29) is 18.9 Å². The van der Waals surface area contributed by atoms with E-state index < -0.39 is 11.5 Å². The first-order chi connectivity index (χ1) is 9.42. The van der Waals surface area contributed by atoms with Crippen LogP contribution in [0.1, 0.15) is 34.3 Å². The largest absolute Gasteiger partial charge is 0.481 e. The lowest BCUT2D eigenvalue weighted by Gasteiger charge is -2.27. The predicted molar refractivity (Wildman–Crippen MR) is 73.8 cm³/mol. The third kappa shape index (κ3) is 3.17. The maximum absolute atomic E-state index is 12.3. The second-order valence-corrected chi connectivity index (χ2v) is 5.41. The van der Waals surface area contributed by atoms with Gasteiger partial charge in [-0.25, -0.2) is 0 Å². The Kier molecular flexibility index (Phi) is 4.09. The lowest BCUT2D eigenvalue weighted by atomic mass is 9.93. The van der Waals surface area contributed by atoms with Crippen molar-refractivity contribution < 1.29 is 19.4 Å². The van der Waals surface area contributed by atoms with E-state index >= 15 is 0 Å². The number of carboxylic acid groups (broad SMARTS) is 1. The summed E-state index contributed by atoms with van der Waals surface area (Å²) in [7, 11) is 0. The van der Waals surface area contributed by atoms with Gasteiger partial charge < -0.3 is 15.2 Å². The van der Waals surface area contributed by atoms with Gasteiger partial charge in [0, 0.05) is 12.2 Å². The number of aliphatic carboxylic acids is 1. The number of hydrogen-bond acceptors (Lipinski definition) is 3. The third-order valence-electron chi connectivity index (χ3n) is 3.74. The van der Waals surface area contributed by atoms with Crippen LogP contribution in [-0.4, -0.2) is 35.7 Å². The van der Waals surface area contributed by atoms with Crippen molar-refractivity contribution in [2.24, 2.45) is 0 Å². The number of carbonyl (C=O) groups excluding carboxylic acids is 1. The number of carboxylic acids is 1. The monoisotopic (exact) mass is 277 g/mol. The first-order valence-electron chi connectivity index (χ1n) is 6.61. The first-order valence-corrected chi connectivity index (χ1v) is 6.61. The minimum absolute atomic E-state index is 0.121. The highest BCUT2D eigenvalue weighted by atomic mass is 16.5. The third-order valence-corrected chi connectivity index (χ3v) is 3.74. The van der Waals surface area contributed by atoms with Gasteiger partial charge in [0.15, 0.2) is 0 Å². The molecular formula is C15H19NO4. The van der Waals surface area contributed by atoms with Crippen LogP contribution in [0.25, 0.3) is 0 Å². The van der Waals surface area contributed by atoms with Gasteiger partial charge in [-0.15, -0.1) is 0 Å². The number of benzene rings is 1. The van der Waals surface area contributed by atoms with Crippen LogP contribution in [0.4, 0.5) is 0 Å². The zero-order chi connectivity index (χ0) is 14.8. The number of ether oxygens (including phenoxy) is 1. The van der Waals surface area contributed by atoms with Crippen molar-refractivity contribution in [3.05, 3.63) is 34.9 Å². The second kappa shape index (κ2) is 5.63. The number of aryl methyl sites for hydroxylation is 2. The summed E-state index contributed by atoms with van der Waals surface area (Å²) in [5, 5.41) is 11.8. The molecule has 1 fully saturated rings. The molecule has 2 rings (SSSR count). The molecule has 5 nitrogen and oxygen atoms in total. The summed E-state index contributed by atoms with van der Waals surface area (Å²) in [5.41, 5.74) is 1.91. The van der Waals surface area contributed by atoms with Gasteiger partial charge in [-0.05, 0) is 43.5 Å². The molecule has 0 spiro atoms. The van der Waals surface area contributed by atoms with Crippen LogP contribution < -0.4 is 5.32 Å². The number of carbonyl (C=O) groups is 2. The predicted octanol–water partition coefficient (Wildman–Crippen LogP) is 1.67. The van der Waals surface area contributed by atoms with Gasteiger partial charge in [-0.3, -0.25) is 9.59 Å². The Morgan fingerprint density at radius 3 is 2.65 bits per heavy atom. The summed E-state index contributed by atoms with van der Waals surface area (Å²) >= 11 is 0. The smallest absolute Gasteiger partial charge is 0.305 e. The van der Waals surface area contributed by atoms with E-state index in [4.69, 9.17) is 9.84 Å². The lowest BCUT2D eigenvalue weighted by Crippen LogP contribution is -2.50. The fourth-order valence-corrected chi connectivity index (χ4v) is 2.37. The highest BCUT2D eigenvalue weighted by Gasteiger charge is 2.38. The molecule has 2 N–H and O–H groups in total. The average Bonchev–Trinajstić information content (AvgIpc) is 2.79. The van der Waals surface area contributed by atoms with Crippen LogP contribution in [0.3, 0.4) is 0 Å². The second-order valence-electron chi connectivity index (χ2n) is 5.41. The molecule has 1 aliphatic rings. The maximum atomic E-state index is 12.3. The Morgan fingerprint density at radius 2 is 2.10 bits per heavy atom. The van der Waals surface area contributed by atoms with Crippen LogP contribution in [0.5, 0.6) is 0 Å². The molecule has 0 radical (unpaired) electrons. The Bertz CT molecular complexity index is 533. The van der Waals surface area contributed by atoms with Crippen LogP contribution in [0.15, 0.2) is 18.2 Å². The fraction of sp³-hybridized carbons (Fsp3) is 0.467. The number of rotatable bonds is 4. The van der Waals surface area contributed by atoms with Crippen molar-refractivity contribution in [3.8, 4) is 0 Å². The molecule has 20 heavy (non-hydrogen) atoms. The summed E-state index contributed by atoms with van der Waals surface area (Å²) in [5.74, 6) is -1.18. The number of amides is 1.